The molecule has 0 saturated heterocycles. The van der Waals surface area contributed by atoms with Gasteiger partial charge in [-0.15, -0.1) is 0 Å². The Hall–Kier alpha value is -1.42. The molecule has 0 aliphatic rings. The highest BCUT2D eigenvalue weighted by Crippen LogP contribution is 2.16. The summed E-state index contributed by atoms with van der Waals surface area (Å²) in [6.07, 6.45) is 0.881. The van der Waals surface area contributed by atoms with Gasteiger partial charge in [-0.3, -0.25) is 4.79 Å². The van der Waals surface area contributed by atoms with E-state index in [-0.39, 0.29) is 24.4 Å². The van der Waals surface area contributed by atoms with Crippen LogP contribution in [0.3, 0.4) is 0 Å². The number of halogens is 1. The Labute approximate surface area is 107 Å². The number of rotatable bonds is 6. The van der Waals surface area contributed by atoms with E-state index >= 15 is 0 Å². The van der Waals surface area contributed by atoms with Gasteiger partial charge in [0.05, 0.1) is 6.04 Å². The van der Waals surface area contributed by atoms with Gasteiger partial charge in [0.1, 0.15) is 12.4 Å². The van der Waals surface area contributed by atoms with Crippen molar-refractivity contribution in [3.8, 4) is 0 Å². The molecule has 0 aliphatic heterocycles. The molecule has 1 atom stereocenters. The molecule has 4 heteroatoms. The van der Waals surface area contributed by atoms with Crippen molar-refractivity contribution in [2.75, 3.05) is 13.2 Å². The summed E-state index contributed by atoms with van der Waals surface area (Å²) in [6.45, 7) is 6.13. The highest BCUT2D eigenvalue weighted by atomic mass is 19.1. The molecule has 0 fully saturated rings. The van der Waals surface area contributed by atoms with E-state index in [9.17, 15) is 9.18 Å². The Morgan fingerprint density at radius 3 is 2.83 bits per heavy atom. The van der Waals surface area contributed by atoms with Crippen molar-refractivity contribution in [2.45, 2.75) is 33.2 Å². The van der Waals surface area contributed by atoms with Crippen LogP contribution in [0, 0.1) is 12.7 Å². The third-order valence-electron chi connectivity index (χ3n) is 2.66. The first-order valence-electron chi connectivity index (χ1n) is 6.17. The van der Waals surface area contributed by atoms with Gasteiger partial charge in [-0.1, -0.05) is 19.1 Å². The van der Waals surface area contributed by atoms with Crippen LogP contribution in [0.2, 0.25) is 0 Å². The maximum absolute atomic E-state index is 13.4. The van der Waals surface area contributed by atoms with Crippen molar-refractivity contribution < 1.29 is 13.9 Å². The lowest BCUT2D eigenvalue weighted by Gasteiger charge is -2.15. The third-order valence-corrected chi connectivity index (χ3v) is 2.66. The molecule has 1 rings (SSSR count). The molecule has 18 heavy (non-hydrogen) atoms. The summed E-state index contributed by atoms with van der Waals surface area (Å²) in [4.78, 5) is 11.5. The quantitative estimate of drug-likeness (QED) is 0.792. The number of hydrogen-bond acceptors (Lipinski definition) is 2. The van der Waals surface area contributed by atoms with E-state index in [1.807, 2.05) is 19.9 Å². The summed E-state index contributed by atoms with van der Waals surface area (Å²) in [6, 6.07) is 4.75. The van der Waals surface area contributed by atoms with Crippen LogP contribution in [0.5, 0.6) is 0 Å². The van der Waals surface area contributed by atoms with Gasteiger partial charge in [-0.25, -0.2) is 4.39 Å². The molecule has 3 nitrogen and oxygen atoms in total. The van der Waals surface area contributed by atoms with Gasteiger partial charge in [0, 0.05) is 6.61 Å². The van der Waals surface area contributed by atoms with E-state index < -0.39 is 0 Å². The zero-order chi connectivity index (χ0) is 13.5. The van der Waals surface area contributed by atoms with Gasteiger partial charge in [0.25, 0.3) is 0 Å². The van der Waals surface area contributed by atoms with Gasteiger partial charge < -0.3 is 10.1 Å². The second kappa shape index (κ2) is 7.11. The molecule has 0 bridgehead atoms. The average molecular weight is 253 g/mol. The highest BCUT2D eigenvalue weighted by molar-refractivity contribution is 5.77. The minimum atomic E-state index is -0.254. The fourth-order valence-corrected chi connectivity index (χ4v) is 1.55. The molecule has 1 aromatic rings. The first-order valence-corrected chi connectivity index (χ1v) is 6.17. The molecule has 0 aliphatic carbocycles. The lowest BCUT2D eigenvalue weighted by Crippen LogP contribution is -2.30. The van der Waals surface area contributed by atoms with E-state index in [4.69, 9.17) is 4.74 Å². The lowest BCUT2D eigenvalue weighted by atomic mass is 10.1. The number of hydrogen-bond donors (Lipinski definition) is 1. The number of aryl methyl sites for hydroxylation is 1. The normalized spacial score (nSPS) is 12.2. The van der Waals surface area contributed by atoms with Crippen molar-refractivity contribution in [3.05, 3.63) is 35.1 Å². The second-order valence-corrected chi connectivity index (χ2v) is 4.35. The van der Waals surface area contributed by atoms with Crippen molar-refractivity contribution >= 4 is 5.91 Å². The average Bonchev–Trinajstić information content (AvgIpc) is 2.33. The molecule has 0 heterocycles. The number of carbonyl (C=O) groups is 1. The second-order valence-electron chi connectivity index (χ2n) is 4.35. The summed E-state index contributed by atoms with van der Waals surface area (Å²) in [5.74, 6) is -0.437. The third kappa shape index (κ3) is 4.45. The van der Waals surface area contributed by atoms with Crippen LogP contribution >= 0.6 is 0 Å². The van der Waals surface area contributed by atoms with Crippen LogP contribution in [-0.2, 0) is 9.53 Å². The van der Waals surface area contributed by atoms with Crippen LogP contribution in [-0.4, -0.2) is 19.1 Å². The van der Waals surface area contributed by atoms with Crippen molar-refractivity contribution in [3.63, 3.8) is 0 Å². The Kier molecular flexibility index (Phi) is 5.78. The van der Waals surface area contributed by atoms with E-state index in [1.54, 1.807) is 13.0 Å². The van der Waals surface area contributed by atoms with Crippen molar-refractivity contribution in [1.29, 1.82) is 0 Å². The Bertz CT molecular complexity index is 407. The Balaban J connectivity index is 2.51. The monoisotopic (exact) mass is 253 g/mol. The lowest BCUT2D eigenvalue weighted by molar-refractivity contribution is -0.126. The summed E-state index contributed by atoms with van der Waals surface area (Å²) in [5.41, 5.74) is 1.35. The van der Waals surface area contributed by atoms with Crippen LogP contribution in [0.15, 0.2) is 18.2 Å². The zero-order valence-corrected chi connectivity index (χ0v) is 11.1. The van der Waals surface area contributed by atoms with Crippen LogP contribution in [0.25, 0.3) is 0 Å². The first kappa shape index (κ1) is 14.6. The maximum atomic E-state index is 13.4. The molecule has 1 N–H and O–H groups in total. The molecule has 1 unspecified atom stereocenters. The van der Waals surface area contributed by atoms with Crippen molar-refractivity contribution in [1.82, 2.24) is 5.32 Å². The van der Waals surface area contributed by atoms with Crippen molar-refractivity contribution in [2.24, 2.45) is 0 Å². The Morgan fingerprint density at radius 2 is 2.22 bits per heavy atom. The van der Waals surface area contributed by atoms with Gasteiger partial charge in [-0.05, 0) is 37.5 Å². The van der Waals surface area contributed by atoms with Crippen LogP contribution in [0.1, 0.15) is 37.4 Å². The number of amides is 1. The standard InChI is InChI=1S/C14H20FNO2/c1-4-7-18-9-14(17)16-11(3)12-6-5-10(2)13(15)8-12/h5-6,8,11H,4,7,9H2,1-3H3,(H,16,17). The largest absolute Gasteiger partial charge is 0.372 e. The summed E-state index contributed by atoms with van der Waals surface area (Å²) in [5, 5.41) is 2.77. The predicted octanol–water partition coefficient (Wildman–Crippen LogP) is 2.74. The van der Waals surface area contributed by atoms with Gasteiger partial charge in [0.15, 0.2) is 0 Å². The highest BCUT2D eigenvalue weighted by Gasteiger charge is 2.10. The molecule has 1 aromatic carbocycles. The smallest absolute Gasteiger partial charge is 0.246 e. The van der Waals surface area contributed by atoms with Gasteiger partial charge >= 0.3 is 0 Å². The van der Waals surface area contributed by atoms with Gasteiger partial charge in [0.2, 0.25) is 5.91 Å². The van der Waals surface area contributed by atoms with Crippen LogP contribution in [0.4, 0.5) is 4.39 Å². The fourth-order valence-electron chi connectivity index (χ4n) is 1.55. The van der Waals surface area contributed by atoms with Crippen LogP contribution < -0.4 is 5.32 Å². The zero-order valence-electron chi connectivity index (χ0n) is 11.1. The molecular weight excluding hydrogens is 233 g/mol. The molecular formula is C14H20FNO2. The first-order chi connectivity index (χ1) is 8.54. The predicted molar refractivity (Wildman–Crippen MR) is 68.8 cm³/mol. The number of nitrogens with one attached hydrogen (secondary N) is 1. The summed E-state index contributed by atoms with van der Waals surface area (Å²) in [7, 11) is 0. The molecule has 0 aromatic heterocycles. The number of carbonyl (C=O) groups excluding carboxylic acids is 1. The SMILES string of the molecule is CCCOCC(=O)NC(C)c1ccc(C)c(F)c1. The van der Waals surface area contributed by atoms with E-state index in [0.29, 0.717) is 12.2 Å². The topological polar surface area (TPSA) is 38.3 Å². The maximum Gasteiger partial charge on any atom is 0.246 e. The minimum Gasteiger partial charge on any atom is -0.372 e. The Morgan fingerprint density at radius 1 is 1.50 bits per heavy atom. The van der Waals surface area contributed by atoms with E-state index in [2.05, 4.69) is 5.32 Å². The molecule has 100 valence electrons. The summed E-state index contributed by atoms with van der Waals surface area (Å²) >= 11 is 0. The van der Waals surface area contributed by atoms with E-state index in [0.717, 1.165) is 12.0 Å². The number of ether oxygens (including phenoxy) is 1. The van der Waals surface area contributed by atoms with E-state index in [1.165, 1.54) is 6.07 Å². The molecule has 0 saturated carbocycles. The number of benzene rings is 1. The van der Waals surface area contributed by atoms with Gasteiger partial charge in [-0.2, -0.15) is 0 Å². The fraction of sp³-hybridized carbons (Fsp3) is 0.500. The molecule has 0 radical (unpaired) electrons. The molecule has 1 amide bonds. The summed E-state index contributed by atoms with van der Waals surface area (Å²) < 4.78 is 18.5. The minimum absolute atomic E-state index is 0.0481. The molecule has 0 spiro atoms.